The fraction of sp³-hybridized carbons (Fsp3) is 0.875. The highest BCUT2D eigenvalue weighted by Gasteiger charge is 2.66. The number of ether oxygens (including phenoxy) is 1. The van der Waals surface area contributed by atoms with Crippen LogP contribution in [0.1, 0.15) is 79.1 Å². The van der Waals surface area contributed by atoms with Crippen LogP contribution in [0.5, 0.6) is 0 Å². The van der Waals surface area contributed by atoms with Gasteiger partial charge < -0.3 is 4.74 Å². The Labute approximate surface area is 169 Å². The van der Waals surface area contributed by atoms with Crippen molar-refractivity contribution in [3.63, 3.8) is 0 Å². The number of esters is 1. The van der Waals surface area contributed by atoms with Crippen molar-refractivity contribution >= 4 is 17.5 Å². The van der Waals surface area contributed by atoms with Gasteiger partial charge in [-0.3, -0.25) is 9.59 Å². The second-order valence-electron chi connectivity index (χ2n) is 10.7. The lowest BCUT2D eigenvalue weighted by Crippen LogP contribution is -2.49. The number of fused-ring (bicyclic) bond motifs is 5. The van der Waals surface area contributed by atoms with Crippen LogP contribution in [0.4, 0.5) is 0 Å². The van der Waals surface area contributed by atoms with Crippen LogP contribution in [0.2, 0.25) is 0 Å². The molecule has 4 saturated carbocycles. The first-order chi connectivity index (χ1) is 13.2. The van der Waals surface area contributed by atoms with E-state index in [1.807, 2.05) is 0 Å². The molecule has 4 aliphatic carbocycles. The van der Waals surface area contributed by atoms with Crippen LogP contribution in [0.3, 0.4) is 0 Å². The van der Waals surface area contributed by atoms with Gasteiger partial charge in [0.1, 0.15) is 0 Å². The Kier molecular flexibility index (Phi) is 4.99. The van der Waals surface area contributed by atoms with Gasteiger partial charge in [0.2, 0.25) is 0 Å². The number of hydrogen-bond donors (Lipinski definition) is 0. The summed E-state index contributed by atoms with van der Waals surface area (Å²) in [6.45, 7) is 8.04. The largest absolute Gasteiger partial charge is 0.460 e. The molecule has 0 N–H and O–H groups in total. The molecule has 0 aromatic rings. The van der Waals surface area contributed by atoms with Gasteiger partial charge in [-0.1, -0.05) is 20.3 Å². The summed E-state index contributed by atoms with van der Waals surface area (Å²) in [7, 11) is 0. The highest BCUT2D eigenvalue weighted by atomic mass is 16.5. The molecule has 4 rings (SSSR count). The van der Waals surface area contributed by atoms with E-state index < -0.39 is 22.6 Å². The Hall–Kier alpha value is -1.19. The van der Waals surface area contributed by atoms with E-state index in [2.05, 4.69) is 13.8 Å². The molecule has 0 aromatic carbocycles. The van der Waals surface area contributed by atoms with Crippen LogP contribution < -0.4 is 0 Å². The van der Waals surface area contributed by atoms with Crippen LogP contribution in [0.15, 0.2) is 0 Å². The van der Waals surface area contributed by atoms with E-state index in [0.717, 1.165) is 30.6 Å². The van der Waals surface area contributed by atoms with Gasteiger partial charge in [0, 0.05) is 5.41 Å². The monoisotopic (exact) mass is 388 g/mol. The first kappa shape index (κ1) is 20.1. The molecule has 156 valence electrons. The first-order valence-corrected chi connectivity index (χ1v) is 11.5. The number of Topliss-reactive ketones (excluding diaryl/α,β-unsaturated/α-hetero) is 2. The lowest BCUT2D eigenvalue weighted by molar-refractivity contribution is -0.160. The Morgan fingerprint density at radius 3 is 2.46 bits per heavy atom. The van der Waals surface area contributed by atoms with Gasteiger partial charge in [0.15, 0.2) is 5.78 Å². The van der Waals surface area contributed by atoms with E-state index in [9.17, 15) is 14.4 Å². The van der Waals surface area contributed by atoms with Crippen molar-refractivity contribution in [3.8, 4) is 0 Å². The topological polar surface area (TPSA) is 60.4 Å². The minimum atomic E-state index is -1.20. The molecule has 0 spiro atoms. The lowest BCUT2D eigenvalue weighted by Gasteiger charge is -2.54. The summed E-state index contributed by atoms with van der Waals surface area (Å²) in [5.74, 6) is 2.55. The highest BCUT2D eigenvalue weighted by molar-refractivity contribution is 6.40. The molecule has 0 heterocycles. The van der Waals surface area contributed by atoms with Crippen LogP contribution in [-0.4, -0.2) is 24.1 Å². The minimum absolute atomic E-state index is 0.000827. The maximum atomic E-state index is 13.5. The maximum Gasteiger partial charge on any atom is 0.375 e. The number of ketones is 2. The quantitative estimate of drug-likeness (QED) is 0.403. The van der Waals surface area contributed by atoms with Gasteiger partial charge in [0.05, 0.1) is 12.0 Å². The zero-order chi connectivity index (χ0) is 20.3. The highest BCUT2D eigenvalue weighted by Crippen LogP contribution is 2.65. The SMILES string of the molecule is CCOC(=O)C(=O)C1(C)CC2C3CCC4CC(C)CCC4C3CCC2(C)C1=O. The van der Waals surface area contributed by atoms with Gasteiger partial charge in [-0.05, 0) is 94.3 Å². The molecule has 4 nitrogen and oxygen atoms in total. The molecule has 4 aliphatic rings. The average Bonchev–Trinajstić information content (AvgIpc) is 2.89. The molecule has 0 aliphatic heterocycles. The third kappa shape index (κ3) is 2.81. The van der Waals surface area contributed by atoms with E-state index in [1.54, 1.807) is 13.8 Å². The molecule has 0 radical (unpaired) electrons. The van der Waals surface area contributed by atoms with Crippen molar-refractivity contribution in [2.75, 3.05) is 6.61 Å². The molecule has 0 aromatic heterocycles. The zero-order valence-electron chi connectivity index (χ0n) is 18.0. The van der Waals surface area contributed by atoms with Crippen LogP contribution >= 0.6 is 0 Å². The van der Waals surface area contributed by atoms with Crippen molar-refractivity contribution in [2.45, 2.75) is 79.1 Å². The summed E-state index contributed by atoms with van der Waals surface area (Å²) in [5, 5.41) is 0. The van der Waals surface area contributed by atoms with Crippen molar-refractivity contribution < 1.29 is 19.1 Å². The Balaban J connectivity index is 1.60. The van der Waals surface area contributed by atoms with Gasteiger partial charge >= 0.3 is 5.97 Å². The maximum absolute atomic E-state index is 13.5. The van der Waals surface area contributed by atoms with Gasteiger partial charge in [0.25, 0.3) is 5.78 Å². The van der Waals surface area contributed by atoms with Crippen molar-refractivity contribution in [1.82, 2.24) is 0 Å². The number of hydrogen-bond acceptors (Lipinski definition) is 4. The molecule has 0 saturated heterocycles. The van der Waals surface area contributed by atoms with E-state index in [0.29, 0.717) is 18.3 Å². The second-order valence-corrected chi connectivity index (χ2v) is 10.7. The molecule has 0 amide bonds. The Bertz CT molecular complexity index is 684. The Morgan fingerprint density at radius 2 is 1.75 bits per heavy atom. The molecule has 8 unspecified atom stereocenters. The predicted molar refractivity (Wildman–Crippen MR) is 106 cm³/mol. The summed E-state index contributed by atoms with van der Waals surface area (Å²) < 4.78 is 4.96. The average molecular weight is 389 g/mol. The molecule has 4 fully saturated rings. The summed E-state index contributed by atoms with van der Waals surface area (Å²) in [4.78, 5) is 38.6. The standard InChI is InChI=1S/C24H36O4/c1-5-28-21(26)20(25)24(4)13-19-18-9-7-15-12-14(2)6-8-16(15)17(18)10-11-23(19,3)22(24)27/h14-19H,5-13H2,1-4H3. The third-order valence-electron chi connectivity index (χ3n) is 9.22. The first-order valence-electron chi connectivity index (χ1n) is 11.5. The predicted octanol–water partition coefficient (Wildman–Crippen LogP) is 4.59. The van der Waals surface area contributed by atoms with Crippen molar-refractivity contribution in [2.24, 2.45) is 46.3 Å². The molecule has 4 heteroatoms. The van der Waals surface area contributed by atoms with Crippen LogP contribution in [0, 0.1) is 46.3 Å². The summed E-state index contributed by atoms with van der Waals surface area (Å²) in [6, 6.07) is 0. The van der Waals surface area contributed by atoms with E-state index in [4.69, 9.17) is 4.74 Å². The lowest BCUT2D eigenvalue weighted by atomic mass is 9.50. The van der Waals surface area contributed by atoms with E-state index in [-0.39, 0.29) is 18.3 Å². The summed E-state index contributed by atoms with van der Waals surface area (Å²) in [6.07, 6.45) is 9.04. The van der Waals surface area contributed by atoms with Gasteiger partial charge in [-0.15, -0.1) is 0 Å². The van der Waals surface area contributed by atoms with E-state index in [1.165, 1.54) is 32.1 Å². The normalized spacial score (nSPS) is 47.6. The fourth-order valence-corrected chi connectivity index (χ4v) is 7.85. The molecule has 8 atom stereocenters. The van der Waals surface area contributed by atoms with Crippen LogP contribution in [0.25, 0.3) is 0 Å². The molecule has 0 bridgehead atoms. The van der Waals surface area contributed by atoms with Crippen molar-refractivity contribution in [1.29, 1.82) is 0 Å². The number of rotatable bonds is 3. The number of carbonyl (C=O) groups is 3. The molecule has 28 heavy (non-hydrogen) atoms. The summed E-state index contributed by atoms with van der Waals surface area (Å²) >= 11 is 0. The van der Waals surface area contributed by atoms with E-state index >= 15 is 0 Å². The van der Waals surface area contributed by atoms with Gasteiger partial charge in [-0.2, -0.15) is 0 Å². The molecular weight excluding hydrogens is 352 g/mol. The zero-order valence-corrected chi connectivity index (χ0v) is 18.0. The fourth-order valence-electron chi connectivity index (χ4n) is 7.85. The Morgan fingerprint density at radius 1 is 1.04 bits per heavy atom. The smallest absolute Gasteiger partial charge is 0.375 e. The second kappa shape index (κ2) is 6.95. The van der Waals surface area contributed by atoms with Gasteiger partial charge in [-0.25, -0.2) is 4.79 Å². The number of carbonyl (C=O) groups excluding carboxylic acids is 3. The van der Waals surface area contributed by atoms with Crippen LogP contribution in [-0.2, 0) is 19.1 Å². The summed E-state index contributed by atoms with van der Waals surface area (Å²) in [5.41, 5.74) is -1.65. The van der Waals surface area contributed by atoms with Crippen molar-refractivity contribution in [3.05, 3.63) is 0 Å². The minimum Gasteiger partial charge on any atom is -0.460 e. The third-order valence-corrected chi connectivity index (χ3v) is 9.22. The molecular formula is C24H36O4.